The highest BCUT2D eigenvalue weighted by Crippen LogP contribution is 2.95. The Kier molecular flexibility index (Phi) is 6.78. The fourth-order valence-corrected chi connectivity index (χ4v) is 10.7. The summed E-state index contributed by atoms with van der Waals surface area (Å²) < 4.78 is 36.0. The summed E-state index contributed by atoms with van der Waals surface area (Å²) in [4.78, 5) is 25.0. The lowest BCUT2D eigenvalue weighted by Crippen LogP contribution is -2.41. The fraction of sp³-hybridized carbons (Fsp3) is 0.562. The van der Waals surface area contributed by atoms with E-state index in [1.807, 2.05) is 0 Å². The molecule has 11 nitrogen and oxygen atoms in total. The van der Waals surface area contributed by atoms with Crippen molar-refractivity contribution in [2.75, 3.05) is 29.9 Å². The molecule has 5 heterocycles. The van der Waals surface area contributed by atoms with E-state index in [1.165, 1.54) is 31.7 Å². The average Bonchev–Trinajstić information content (AvgIpc) is 3.96. The predicted octanol–water partition coefficient (Wildman–Crippen LogP) is 4.72. The van der Waals surface area contributed by atoms with Gasteiger partial charge in [-0.25, -0.2) is 19.4 Å². The van der Waals surface area contributed by atoms with Gasteiger partial charge in [0.25, 0.3) is 15.9 Å². The van der Waals surface area contributed by atoms with Gasteiger partial charge in [-0.1, -0.05) is 6.07 Å². The Morgan fingerprint density at radius 1 is 1.07 bits per heavy atom. The van der Waals surface area contributed by atoms with E-state index >= 15 is 0 Å². The van der Waals surface area contributed by atoms with E-state index in [0.29, 0.717) is 65.7 Å². The Morgan fingerprint density at radius 2 is 1.83 bits per heavy atom. The lowest BCUT2D eigenvalue weighted by Gasteiger charge is -2.34. The Balaban J connectivity index is 1.08. The van der Waals surface area contributed by atoms with Crippen LogP contribution >= 0.6 is 25.3 Å². The Morgan fingerprint density at radius 3 is 2.57 bits per heavy atom. The van der Waals surface area contributed by atoms with Gasteiger partial charge in [0.05, 0.1) is 9.64 Å². The minimum absolute atomic E-state index is 0.163. The van der Waals surface area contributed by atoms with Crippen molar-refractivity contribution in [3.8, 4) is 11.7 Å². The quantitative estimate of drug-likeness (QED) is 0.223. The van der Waals surface area contributed by atoms with E-state index in [9.17, 15) is 13.2 Å². The monoisotopic (exact) mass is 681 g/mol. The smallest absolute Gasteiger partial charge is 0.281 e. The second-order valence-corrected chi connectivity index (χ2v) is 18.0. The van der Waals surface area contributed by atoms with Crippen molar-refractivity contribution in [3.63, 3.8) is 0 Å². The second kappa shape index (κ2) is 10.3. The molecule has 1 atom stereocenters. The molecule has 3 aliphatic carbocycles. The average molecular weight is 682 g/mol. The zero-order chi connectivity index (χ0) is 32.1. The maximum Gasteiger partial charge on any atom is 0.281 e. The molecule has 2 N–H and O–H groups in total. The number of anilines is 2. The van der Waals surface area contributed by atoms with Gasteiger partial charge in [0.1, 0.15) is 18.2 Å². The zero-order valence-corrected chi connectivity index (χ0v) is 28.5. The SMILES string of the molecule is CC1(C)C[C@@H]2CCCNc3cccc(n3)S(=O)(=O)NC(=O)c3ccc(-n4ccc(OCC(S)(S)C5C6(CC6)C56CC6)n4)nc3N1C2. The molecule has 4 fully saturated rings. The van der Waals surface area contributed by atoms with Crippen LogP contribution in [-0.2, 0) is 10.0 Å². The molecule has 1 saturated heterocycles. The van der Waals surface area contributed by atoms with Gasteiger partial charge in [0.2, 0.25) is 5.88 Å². The molecule has 1 amide bonds. The van der Waals surface area contributed by atoms with Gasteiger partial charge in [-0.05, 0) is 106 Å². The van der Waals surface area contributed by atoms with Gasteiger partial charge in [-0.15, -0.1) is 5.10 Å². The summed E-state index contributed by atoms with van der Waals surface area (Å²) in [6, 6.07) is 9.76. The van der Waals surface area contributed by atoms with Gasteiger partial charge < -0.3 is 15.0 Å². The number of amides is 1. The minimum atomic E-state index is -4.24. The first kappa shape index (κ1) is 30.4. The highest BCUT2D eigenvalue weighted by molar-refractivity contribution is 8.00. The molecule has 3 aromatic rings. The number of hydrogen-bond acceptors (Lipinski definition) is 11. The third-order valence-corrected chi connectivity index (χ3v) is 12.9. The van der Waals surface area contributed by atoms with Crippen molar-refractivity contribution >= 4 is 52.8 Å². The van der Waals surface area contributed by atoms with Crippen LogP contribution in [-0.4, -0.2) is 63.4 Å². The molecule has 14 heteroatoms. The van der Waals surface area contributed by atoms with Crippen molar-refractivity contribution in [1.29, 1.82) is 0 Å². The molecule has 2 spiro atoms. The number of nitrogens with one attached hydrogen (secondary N) is 2. The summed E-state index contributed by atoms with van der Waals surface area (Å²) in [5, 5.41) is 7.63. The number of fused-ring (bicyclic) bond motifs is 7. The number of thiol groups is 2. The van der Waals surface area contributed by atoms with Crippen molar-refractivity contribution in [2.45, 2.75) is 73.4 Å². The Hall–Kier alpha value is -2.97. The molecule has 0 unspecified atom stereocenters. The maximum absolute atomic E-state index is 13.7. The van der Waals surface area contributed by atoms with Crippen molar-refractivity contribution in [1.82, 2.24) is 24.5 Å². The summed E-state index contributed by atoms with van der Waals surface area (Å²) in [7, 11) is -4.24. The zero-order valence-electron chi connectivity index (χ0n) is 25.9. The standard InChI is InChI=1S/C32H39N7O4S3/c1-29(2)17-20-5-4-15-33-22-6-3-7-25(34-22)46(41,42)37-27(40)21-8-9-23(35-26(21)38(29)18-20)39-16-10-24(36-39)43-19-32(44,45)28-30(11-12-30)31(28)13-14-31/h3,6-10,16,20,28,44-45H,4-5,11-15,17-19H2,1-2H3,(H,33,34)(H,37,40)/t20-/m0/s1. The van der Waals surface area contributed by atoms with Crippen LogP contribution in [0.2, 0.25) is 0 Å². The molecular formula is C32H39N7O4S3. The number of sulfonamides is 1. The van der Waals surface area contributed by atoms with E-state index in [0.717, 1.165) is 19.3 Å². The van der Waals surface area contributed by atoms with Crippen LogP contribution in [0.25, 0.3) is 5.82 Å². The summed E-state index contributed by atoms with van der Waals surface area (Å²) in [5.41, 5.74) is 0.740. The topological polar surface area (TPSA) is 131 Å². The first-order valence-corrected chi connectivity index (χ1v) is 18.4. The summed E-state index contributed by atoms with van der Waals surface area (Å²) >= 11 is 9.90. The van der Waals surface area contributed by atoms with Crippen LogP contribution in [0.5, 0.6) is 5.88 Å². The number of nitrogens with zero attached hydrogens (tertiary/aromatic N) is 5. The van der Waals surface area contributed by atoms with E-state index in [1.54, 1.807) is 41.2 Å². The first-order chi connectivity index (χ1) is 21.8. The van der Waals surface area contributed by atoms with Gasteiger partial charge in [-0.2, -0.15) is 33.7 Å². The molecule has 244 valence electrons. The second-order valence-electron chi connectivity index (χ2n) is 14.4. The normalized spacial score (nSPS) is 25.2. The van der Waals surface area contributed by atoms with Crippen LogP contribution < -0.4 is 19.7 Å². The number of aromatic nitrogens is 4. The molecular weight excluding hydrogens is 643 g/mol. The highest BCUT2D eigenvalue weighted by Gasteiger charge is 2.89. The van der Waals surface area contributed by atoms with Crippen LogP contribution in [0.1, 0.15) is 69.2 Å². The van der Waals surface area contributed by atoms with E-state index < -0.39 is 20.0 Å². The lowest BCUT2D eigenvalue weighted by molar-refractivity contribution is 0.0981. The molecule has 2 aliphatic heterocycles. The highest BCUT2D eigenvalue weighted by atomic mass is 32.2. The number of rotatable bonds is 5. The molecule has 0 radical (unpaired) electrons. The Bertz CT molecular complexity index is 1820. The van der Waals surface area contributed by atoms with Crippen LogP contribution in [0.15, 0.2) is 47.6 Å². The number of carbonyl (C=O) groups excluding carboxylic acids is 1. The Labute approximate surface area is 280 Å². The van der Waals surface area contributed by atoms with Crippen molar-refractivity contribution in [3.05, 3.63) is 48.2 Å². The predicted molar refractivity (Wildman–Crippen MR) is 181 cm³/mol. The molecule has 3 aromatic heterocycles. The number of carbonyl (C=O) groups is 1. The molecule has 8 rings (SSSR count). The van der Waals surface area contributed by atoms with Crippen LogP contribution in [0.4, 0.5) is 11.6 Å². The largest absolute Gasteiger partial charge is 0.474 e. The summed E-state index contributed by atoms with van der Waals surface area (Å²) in [6.07, 6.45) is 9.64. The molecule has 3 saturated carbocycles. The van der Waals surface area contributed by atoms with Crippen LogP contribution in [0.3, 0.4) is 0 Å². The number of pyridine rings is 2. The van der Waals surface area contributed by atoms with E-state index in [-0.39, 0.29) is 16.1 Å². The van der Waals surface area contributed by atoms with Gasteiger partial charge >= 0.3 is 0 Å². The fourth-order valence-electron chi connectivity index (χ4n) is 8.64. The molecule has 46 heavy (non-hydrogen) atoms. The third-order valence-electron chi connectivity index (χ3n) is 10.9. The molecule has 5 aliphatic rings. The van der Waals surface area contributed by atoms with Crippen molar-refractivity contribution < 1.29 is 17.9 Å². The third kappa shape index (κ3) is 4.97. The van der Waals surface area contributed by atoms with E-state index in [2.05, 4.69) is 38.9 Å². The first-order valence-electron chi connectivity index (χ1n) is 16.0. The van der Waals surface area contributed by atoms with Gasteiger partial charge in [0, 0.05) is 30.9 Å². The minimum Gasteiger partial charge on any atom is -0.474 e. The van der Waals surface area contributed by atoms with E-state index in [4.69, 9.17) is 35.0 Å². The summed E-state index contributed by atoms with van der Waals surface area (Å²) in [6.45, 7) is 5.95. The summed E-state index contributed by atoms with van der Waals surface area (Å²) in [5.74, 6) is 1.86. The number of ether oxygens (including phenoxy) is 1. The van der Waals surface area contributed by atoms with Gasteiger partial charge in [-0.3, -0.25) is 4.79 Å². The van der Waals surface area contributed by atoms with Gasteiger partial charge in [0.15, 0.2) is 10.8 Å². The number of hydrogen-bond donors (Lipinski definition) is 4. The van der Waals surface area contributed by atoms with Crippen LogP contribution in [0, 0.1) is 22.7 Å². The van der Waals surface area contributed by atoms with Crippen molar-refractivity contribution in [2.24, 2.45) is 22.7 Å². The maximum atomic E-state index is 13.7. The molecule has 4 bridgehead atoms. The lowest BCUT2D eigenvalue weighted by atomic mass is 9.93. The molecule has 0 aromatic carbocycles.